The number of anilines is 1. The number of benzene rings is 1. The van der Waals surface area contributed by atoms with Crippen molar-refractivity contribution in [3.63, 3.8) is 0 Å². The summed E-state index contributed by atoms with van der Waals surface area (Å²) in [6.07, 6.45) is 1.72. The predicted octanol–water partition coefficient (Wildman–Crippen LogP) is 3.44. The van der Waals surface area contributed by atoms with E-state index in [1.54, 1.807) is 29.1 Å². The van der Waals surface area contributed by atoms with Crippen molar-refractivity contribution < 1.29 is 0 Å². The molecule has 0 spiro atoms. The van der Waals surface area contributed by atoms with E-state index in [1.165, 1.54) is 0 Å². The van der Waals surface area contributed by atoms with Crippen molar-refractivity contribution in [1.29, 1.82) is 5.26 Å². The minimum Gasteiger partial charge on any atom is -0.383 e. The fourth-order valence-electron chi connectivity index (χ4n) is 2.88. The summed E-state index contributed by atoms with van der Waals surface area (Å²) < 4.78 is 1.75. The average molecular weight is 364 g/mol. The Bertz CT molecular complexity index is 1200. The molecule has 0 saturated heterocycles. The van der Waals surface area contributed by atoms with Crippen molar-refractivity contribution in [2.45, 2.75) is 6.92 Å². The highest BCUT2D eigenvalue weighted by atomic mass is 35.5. The Labute approximate surface area is 154 Å². The number of nitrogens with two attached hydrogens (primary N) is 1. The number of pyridine rings is 1. The fraction of sp³-hybridized carbons (Fsp3) is 0.111. The van der Waals surface area contributed by atoms with E-state index in [-0.39, 0.29) is 5.82 Å². The molecule has 128 valence electrons. The molecule has 0 saturated carbocycles. The lowest BCUT2D eigenvalue weighted by Gasteiger charge is -2.08. The second-order valence-corrected chi connectivity index (χ2v) is 6.38. The van der Waals surface area contributed by atoms with E-state index < -0.39 is 0 Å². The van der Waals surface area contributed by atoms with Gasteiger partial charge < -0.3 is 10.7 Å². The number of nitrogens with one attached hydrogen (secondary N) is 1. The van der Waals surface area contributed by atoms with Gasteiger partial charge in [-0.15, -0.1) is 0 Å². The molecule has 4 rings (SSSR count). The molecule has 7 nitrogen and oxygen atoms in total. The molecule has 1 aromatic carbocycles. The number of hydrogen-bond acceptors (Lipinski definition) is 5. The minimum atomic E-state index is 0.154. The SMILES string of the molecule is Cc1c(-c2cc(-c3nc4ccc(Cl)cc4[nH]3)nc(N)c2C#N)cnn1C. The Balaban J connectivity index is 1.95. The number of nitrogen functional groups attached to an aromatic ring is 1. The molecule has 3 N–H and O–H groups in total. The van der Waals surface area contributed by atoms with Crippen LogP contribution < -0.4 is 5.73 Å². The van der Waals surface area contributed by atoms with Crippen LogP contribution in [0.4, 0.5) is 5.82 Å². The second kappa shape index (κ2) is 5.86. The maximum atomic E-state index is 9.53. The Morgan fingerprint density at radius 3 is 2.73 bits per heavy atom. The van der Waals surface area contributed by atoms with Crippen molar-refractivity contribution in [1.82, 2.24) is 24.7 Å². The standard InChI is InChI=1S/C18H14ClN7/c1-9-13(8-22-26(9)2)11-6-16(23-17(21)12(11)7-20)18-24-14-4-3-10(19)5-15(14)25-18/h3-6,8H,1-2H3,(H2,21,23)(H,24,25). The molecule has 0 aliphatic heterocycles. The number of rotatable bonds is 2. The molecular formula is C18H14ClN7. The molecule has 8 heteroatoms. The molecule has 3 heterocycles. The summed E-state index contributed by atoms with van der Waals surface area (Å²) in [5.41, 5.74) is 10.9. The van der Waals surface area contributed by atoms with E-state index in [4.69, 9.17) is 17.3 Å². The summed E-state index contributed by atoms with van der Waals surface area (Å²) in [5.74, 6) is 0.711. The van der Waals surface area contributed by atoms with Crippen molar-refractivity contribution >= 4 is 28.5 Å². The van der Waals surface area contributed by atoms with E-state index >= 15 is 0 Å². The fourth-order valence-corrected chi connectivity index (χ4v) is 3.05. The highest BCUT2D eigenvalue weighted by Crippen LogP contribution is 2.32. The van der Waals surface area contributed by atoms with Gasteiger partial charge in [0, 0.05) is 28.9 Å². The van der Waals surface area contributed by atoms with E-state index in [9.17, 15) is 5.26 Å². The largest absolute Gasteiger partial charge is 0.383 e. The quantitative estimate of drug-likeness (QED) is 0.567. The molecular weight excluding hydrogens is 350 g/mol. The molecule has 0 radical (unpaired) electrons. The molecule has 0 unspecified atom stereocenters. The smallest absolute Gasteiger partial charge is 0.157 e. The van der Waals surface area contributed by atoms with Crippen molar-refractivity contribution in [2.24, 2.45) is 7.05 Å². The Kier molecular flexibility index (Phi) is 3.63. The molecule has 0 fully saturated rings. The monoisotopic (exact) mass is 363 g/mol. The van der Waals surface area contributed by atoms with Gasteiger partial charge in [0.05, 0.1) is 17.2 Å². The van der Waals surface area contributed by atoms with Gasteiger partial charge in [0.15, 0.2) is 5.82 Å². The van der Waals surface area contributed by atoms with Gasteiger partial charge in [-0.3, -0.25) is 4.68 Å². The molecule has 0 amide bonds. The molecule has 0 aliphatic rings. The summed E-state index contributed by atoms with van der Waals surface area (Å²) in [4.78, 5) is 12.1. The molecule has 0 atom stereocenters. The van der Waals surface area contributed by atoms with E-state index in [2.05, 4.69) is 26.1 Å². The highest BCUT2D eigenvalue weighted by molar-refractivity contribution is 6.31. The first-order valence-electron chi connectivity index (χ1n) is 7.83. The Morgan fingerprint density at radius 1 is 1.23 bits per heavy atom. The molecule has 4 aromatic rings. The molecule has 26 heavy (non-hydrogen) atoms. The van der Waals surface area contributed by atoms with E-state index in [1.807, 2.05) is 20.0 Å². The normalized spacial score (nSPS) is 11.0. The van der Waals surface area contributed by atoms with Gasteiger partial charge in [0.2, 0.25) is 0 Å². The summed E-state index contributed by atoms with van der Waals surface area (Å²) in [7, 11) is 1.85. The predicted molar refractivity (Wildman–Crippen MR) is 100 cm³/mol. The first-order valence-corrected chi connectivity index (χ1v) is 8.21. The lowest BCUT2D eigenvalue weighted by atomic mass is 10.0. The number of aromatic amines is 1. The number of nitriles is 1. The number of aryl methyl sites for hydroxylation is 1. The van der Waals surface area contributed by atoms with Crippen LogP contribution in [0.1, 0.15) is 11.3 Å². The number of imidazole rings is 1. The summed E-state index contributed by atoms with van der Waals surface area (Å²) in [5, 5.41) is 14.4. The number of aromatic nitrogens is 5. The third-order valence-electron chi connectivity index (χ3n) is 4.37. The maximum absolute atomic E-state index is 9.53. The Morgan fingerprint density at radius 2 is 2.04 bits per heavy atom. The van der Waals surface area contributed by atoms with Gasteiger partial charge in [0.1, 0.15) is 23.1 Å². The third kappa shape index (κ3) is 2.48. The zero-order valence-corrected chi connectivity index (χ0v) is 14.8. The van der Waals surface area contributed by atoms with Gasteiger partial charge >= 0.3 is 0 Å². The lowest BCUT2D eigenvalue weighted by molar-refractivity contribution is 0.740. The van der Waals surface area contributed by atoms with Crippen LogP contribution in [0.2, 0.25) is 5.02 Å². The van der Waals surface area contributed by atoms with Gasteiger partial charge in [-0.2, -0.15) is 10.4 Å². The molecule has 0 bridgehead atoms. The average Bonchev–Trinajstić information content (AvgIpc) is 3.18. The van der Waals surface area contributed by atoms with Crippen LogP contribution in [-0.2, 0) is 7.05 Å². The van der Waals surface area contributed by atoms with E-state index in [0.717, 1.165) is 22.3 Å². The Hall–Kier alpha value is -3.37. The zero-order chi connectivity index (χ0) is 18.4. The summed E-state index contributed by atoms with van der Waals surface area (Å²) in [6.45, 7) is 1.93. The van der Waals surface area contributed by atoms with Crippen LogP contribution in [0, 0.1) is 18.3 Å². The number of fused-ring (bicyclic) bond motifs is 1. The summed E-state index contributed by atoms with van der Waals surface area (Å²) in [6, 6.07) is 9.35. The van der Waals surface area contributed by atoms with Crippen molar-refractivity contribution in [2.75, 3.05) is 5.73 Å². The highest BCUT2D eigenvalue weighted by Gasteiger charge is 2.18. The van der Waals surface area contributed by atoms with Crippen LogP contribution in [0.25, 0.3) is 33.7 Å². The van der Waals surface area contributed by atoms with Gasteiger partial charge in [0.25, 0.3) is 0 Å². The van der Waals surface area contributed by atoms with Gasteiger partial charge in [-0.05, 0) is 31.2 Å². The first-order chi connectivity index (χ1) is 12.5. The third-order valence-corrected chi connectivity index (χ3v) is 4.61. The molecule has 3 aromatic heterocycles. The van der Waals surface area contributed by atoms with Gasteiger partial charge in [-0.1, -0.05) is 11.6 Å². The number of H-pyrrole nitrogens is 1. The topological polar surface area (TPSA) is 109 Å². The minimum absolute atomic E-state index is 0.154. The van der Waals surface area contributed by atoms with Crippen molar-refractivity contribution in [3.8, 4) is 28.7 Å². The van der Waals surface area contributed by atoms with Crippen LogP contribution in [-0.4, -0.2) is 24.7 Å². The number of hydrogen-bond donors (Lipinski definition) is 2. The van der Waals surface area contributed by atoms with Gasteiger partial charge in [-0.25, -0.2) is 9.97 Å². The van der Waals surface area contributed by atoms with Crippen LogP contribution >= 0.6 is 11.6 Å². The second-order valence-electron chi connectivity index (χ2n) is 5.94. The van der Waals surface area contributed by atoms with Crippen LogP contribution in [0.15, 0.2) is 30.5 Å². The van der Waals surface area contributed by atoms with Crippen LogP contribution in [0.3, 0.4) is 0 Å². The number of halogens is 1. The van der Waals surface area contributed by atoms with E-state index in [0.29, 0.717) is 27.7 Å². The number of nitrogens with zero attached hydrogens (tertiary/aromatic N) is 5. The molecule has 0 aliphatic carbocycles. The summed E-state index contributed by atoms with van der Waals surface area (Å²) >= 11 is 6.04. The maximum Gasteiger partial charge on any atom is 0.157 e. The van der Waals surface area contributed by atoms with Crippen LogP contribution in [0.5, 0.6) is 0 Å². The lowest BCUT2D eigenvalue weighted by Crippen LogP contribution is -2.01. The zero-order valence-electron chi connectivity index (χ0n) is 14.1. The first kappa shape index (κ1) is 16.1. The van der Waals surface area contributed by atoms with Crippen molar-refractivity contribution in [3.05, 3.63) is 46.7 Å².